The number of halogens is 2. The van der Waals surface area contributed by atoms with Gasteiger partial charge in [-0.2, -0.15) is 5.26 Å². The molecule has 0 spiro atoms. The number of anilines is 3. The smallest absolute Gasteiger partial charge is 0.253 e. The number of amides is 1. The van der Waals surface area contributed by atoms with Gasteiger partial charge in [0.05, 0.1) is 28.3 Å². The van der Waals surface area contributed by atoms with Crippen molar-refractivity contribution in [1.82, 2.24) is 14.5 Å². The van der Waals surface area contributed by atoms with Gasteiger partial charge in [-0.1, -0.05) is 17.7 Å². The van der Waals surface area contributed by atoms with Gasteiger partial charge in [-0.3, -0.25) is 9.78 Å². The highest BCUT2D eigenvalue weighted by molar-refractivity contribution is 6.31. The zero-order chi connectivity index (χ0) is 27.0. The third-order valence-corrected chi connectivity index (χ3v) is 6.74. The molecule has 0 saturated heterocycles. The minimum absolute atomic E-state index is 0.0117. The average molecular weight is 527 g/mol. The predicted molar refractivity (Wildman–Crippen MR) is 149 cm³/mol. The first-order chi connectivity index (χ1) is 18.2. The monoisotopic (exact) mass is 526 g/mol. The van der Waals surface area contributed by atoms with E-state index in [9.17, 15) is 14.4 Å². The summed E-state index contributed by atoms with van der Waals surface area (Å²) in [7, 11) is 5.45. The summed E-state index contributed by atoms with van der Waals surface area (Å²) < 4.78 is 15.7. The Morgan fingerprint density at radius 3 is 2.63 bits per heavy atom. The number of carbonyl (C=O) groups excluding carboxylic acids is 1. The number of aryl methyl sites for hydroxylation is 1. The fourth-order valence-corrected chi connectivity index (χ4v) is 4.56. The molecule has 2 N–H and O–H groups in total. The molecule has 5 aromatic rings. The first-order valence-electron chi connectivity index (χ1n) is 11.8. The molecule has 0 unspecified atom stereocenters. The van der Waals surface area contributed by atoms with Crippen LogP contribution in [0, 0.1) is 17.1 Å². The number of nitrogens with one attached hydrogen (secondary N) is 2. The molecule has 0 aliphatic rings. The lowest BCUT2D eigenvalue weighted by Crippen LogP contribution is -2.21. The van der Waals surface area contributed by atoms with E-state index < -0.39 is 5.82 Å². The molecule has 0 saturated carbocycles. The van der Waals surface area contributed by atoms with E-state index in [4.69, 9.17) is 11.6 Å². The highest BCUT2D eigenvalue weighted by atomic mass is 35.5. The summed E-state index contributed by atoms with van der Waals surface area (Å²) >= 11 is 5.95. The van der Waals surface area contributed by atoms with E-state index in [2.05, 4.69) is 32.3 Å². The zero-order valence-electron chi connectivity index (χ0n) is 21.0. The van der Waals surface area contributed by atoms with Crippen LogP contribution in [0.2, 0.25) is 5.02 Å². The number of rotatable bonds is 6. The average Bonchev–Trinajstić information content (AvgIpc) is 3.23. The van der Waals surface area contributed by atoms with Crippen molar-refractivity contribution in [2.45, 2.75) is 6.54 Å². The van der Waals surface area contributed by atoms with Crippen LogP contribution >= 0.6 is 11.6 Å². The van der Waals surface area contributed by atoms with Crippen molar-refractivity contribution in [2.75, 3.05) is 24.7 Å². The second kappa shape index (κ2) is 10.0. The van der Waals surface area contributed by atoms with Crippen LogP contribution in [0.15, 0.2) is 66.9 Å². The normalized spacial score (nSPS) is 10.9. The number of nitriles is 1. The van der Waals surface area contributed by atoms with Crippen LogP contribution in [0.4, 0.5) is 21.5 Å². The first kappa shape index (κ1) is 25.1. The lowest BCUT2D eigenvalue weighted by Gasteiger charge is -2.14. The summed E-state index contributed by atoms with van der Waals surface area (Å²) in [6.07, 6.45) is 1.51. The minimum atomic E-state index is -0.516. The zero-order valence-corrected chi connectivity index (χ0v) is 21.8. The van der Waals surface area contributed by atoms with Crippen LogP contribution in [-0.4, -0.2) is 34.5 Å². The molecular weight excluding hydrogens is 503 g/mol. The molecule has 0 aliphatic heterocycles. The van der Waals surface area contributed by atoms with Crippen molar-refractivity contribution in [2.24, 2.45) is 7.05 Å². The molecule has 2 heterocycles. The molecule has 190 valence electrons. The fourth-order valence-electron chi connectivity index (χ4n) is 4.38. The molecule has 0 aliphatic carbocycles. The Hall–Kier alpha value is -4.61. The Morgan fingerprint density at radius 2 is 1.89 bits per heavy atom. The number of benzene rings is 3. The molecule has 0 radical (unpaired) electrons. The van der Waals surface area contributed by atoms with Crippen LogP contribution in [0.5, 0.6) is 0 Å². The summed E-state index contributed by atoms with van der Waals surface area (Å²) in [5.74, 6) is -0.556. The molecule has 38 heavy (non-hydrogen) atoms. The molecular formula is C29H24ClFN6O. The van der Waals surface area contributed by atoms with Crippen molar-refractivity contribution in [3.05, 3.63) is 94.5 Å². The van der Waals surface area contributed by atoms with E-state index in [0.29, 0.717) is 34.6 Å². The van der Waals surface area contributed by atoms with Crippen molar-refractivity contribution < 1.29 is 9.18 Å². The van der Waals surface area contributed by atoms with Gasteiger partial charge in [0.25, 0.3) is 5.91 Å². The van der Waals surface area contributed by atoms with Crippen molar-refractivity contribution in [3.8, 4) is 6.07 Å². The number of hydrogen-bond acceptors (Lipinski definition) is 5. The van der Waals surface area contributed by atoms with Crippen LogP contribution in [-0.2, 0) is 13.6 Å². The summed E-state index contributed by atoms with van der Waals surface area (Å²) in [6, 6.07) is 20.0. The second-order valence-corrected chi connectivity index (χ2v) is 9.57. The Balaban J connectivity index is 1.45. The van der Waals surface area contributed by atoms with Crippen LogP contribution < -0.4 is 10.6 Å². The van der Waals surface area contributed by atoms with E-state index in [1.54, 1.807) is 25.1 Å². The largest absolute Gasteiger partial charge is 0.379 e. The molecule has 1 amide bonds. The maximum Gasteiger partial charge on any atom is 0.253 e. The highest BCUT2D eigenvalue weighted by Crippen LogP contribution is 2.32. The van der Waals surface area contributed by atoms with Gasteiger partial charge >= 0.3 is 0 Å². The summed E-state index contributed by atoms with van der Waals surface area (Å²) in [5.41, 5.74) is 5.66. The van der Waals surface area contributed by atoms with Gasteiger partial charge in [0.2, 0.25) is 0 Å². The Labute approximate surface area is 224 Å². The van der Waals surface area contributed by atoms with E-state index >= 15 is 0 Å². The van der Waals surface area contributed by atoms with Crippen LogP contribution in [0.1, 0.15) is 21.6 Å². The van der Waals surface area contributed by atoms with E-state index in [-0.39, 0.29) is 10.9 Å². The number of fused-ring (bicyclic) bond motifs is 2. The lowest BCUT2D eigenvalue weighted by molar-refractivity contribution is 0.0827. The highest BCUT2D eigenvalue weighted by Gasteiger charge is 2.14. The Bertz CT molecular complexity index is 1750. The van der Waals surface area contributed by atoms with E-state index in [0.717, 1.165) is 27.7 Å². The maximum absolute atomic E-state index is 13.6. The maximum atomic E-state index is 13.6. The number of carbonyl (C=O) groups is 1. The van der Waals surface area contributed by atoms with E-state index in [1.165, 1.54) is 18.3 Å². The summed E-state index contributed by atoms with van der Waals surface area (Å²) in [4.78, 5) is 18.4. The van der Waals surface area contributed by atoms with Gasteiger partial charge in [-0.15, -0.1) is 0 Å². The fraction of sp³-hybridized carbons (Fsp3) is 0.138. The van der Waals surface area contributed by atoms with E-state index in [1.807, 2.05) is 43.4 Å². The van der Waals surface area contributed by atoms with Gasteiger partial charge in [0, 0.05) is 60.9 Å². The van der Waals surface area contributed by atoms with Crippen molar-refractivity contribution >= 4 is 56.4 Å². The molecule has 2 aromatic heterocycles. The van der Waals surface area contributed by atoms with Crippen molar-refractivity contribution in [3.63, 3.8) is 0 Å². The van der Waals surface area contributed by atoms with Gasteiger partial charge in [-0.25, -0.2) is 4.39 Å². The molecule has 5 rings (SSSR count). The van der Waals surface area contributed by atoms with Crippen LogP contribution in [0.3, 0.4) is 0 Å². The molecule has 3 aromatic carbocycles. The Morgan fingerprint density at radius 1 is 1.11 bits per heavy atom. The predicted octanol–water partition coefficient (Wildman–Crippen LogP) is 6.45. The SMILES string of the molecule is CN(C)C(=O)c1ccc2cc(CNc3ccc4ncc(C#N)c(Nc5ccc(F)c(Cl)c5)c4c3)n(C)c2c1. The molecule has 0 fully saturated rings. The standard InChI is InChI=1S/C29H24ClFN6O/c1-36(2)29(38)18-5-4-17-10-22(37(3)27(17)11-18)16-33-20-7-9-26-23(12-20)28(19(14-32)15-34-26)35-21-6-8-25(31)24(30)13-21/h4-13,15,33H,16H2,1-3H3,(H,34,35). The molecule has 0 atom stereocenters. The second-order valence-electron chi connectivity index (χ2n) is 9.17. The minimum Gasteiger partial charge on any atom is -0.379 e. The third kappa shape index (κ3) is 4.72. The summed E-state index contributed by atoms with van der Waals surface area (Å²) in [6.45, 7) is 0.537. The topological polar surface area (TPSA) is 86.0 Å². The Kier molecular flexibility index (Phi) is 6.62. The molecule has 7 nitrogen and oxygen atoms in total. The third-order valence-electron chi connectivity index (χ3n) is 6.45. The molecule has 9 heteroatoms. The van der Waals surface area contributed by atoms with Crippen molar-refractivity contribution in [1.29, 1.82) is 5.26 Å². The van der Waals surface area contributed by atoms with Gasteiger partial charge < -0.3 is 20.1 Å². The number of aromatic nitrogens is 2. The summed E-state index contributed by atoms with van der Waals surface area (Å²) in [5, 5.41) is 18.1. The van der Waals surface area contributed by atoms with Gasteiger partial charge in [-0.05, 0) is 60.0 Å². The number of pyridine rings is 1. The van der Waals surface area contributed by atoms with Crippen LogP contribution in [0.25, 0.3) is 21.8 Å². The number of nitrogens with zero attached hydrogens (tertiary/aromatic N) is 4. The van der Waals surface area contributed by atoms with Gasteiger partial charge in [0.15, 0.2) is 0 Å². The lowest BCUT2D eigenvalue weighted by atomic mass is 10.1. The molecule has 0 bridgehead atoms. The number of hydrogen-bond donors (Lipinski definition) is 2. The quantitative estimate of drug-likeness (QED) is 0.265. The first-order valence-corrected chi connectivity index (χ1v) is 12.2. The van der Waals surface area contributed by atoms with Gasteiger partial charge in [0.1, 0.15) is 11.9 Å².